The summed E-state index contributed by atoms with van der Waals surface area (Å²) in [4.78, 5) is 13.2. The van der Waals surface area contributed by atoms with Crippen LogP contribution in [0.15, 0.2) is 24.3 Å². The van der Waals surface area contributed by atoms with Crippen molar-refractivity contribution in [3.63, 3.8) is 0 Å². The lowest BCUT2D eigenvalue weighted by Crippen LogP contribution is -2.42. The minimum atomic E-state index is -1.34. The molecule has 0 fully saturated rings. The van der Waals surface area contributed by atoms with Crippen molar-refractivity contribution < 1.29 is 9.90 Å². The normalized spacial score (nSPS) is 11.3. The predicted molar refractivity (Wildman–Crippen MR) is 64.2 cm³/mol. The van der Waals surface area contributed by atoms with Gasteiger partial charge in [-0.05, 0) is 31.5 Å². The van der Waals surface area contributed by atoms with E-state index in [4.69, 9.17) is 11.6 Å². The van der Waals surface area contributed by atoms with Crippen molar-refractivity contribution in [2.45, 2.75) is 26.0 Å². The fourth-order valence-electron chi connectivity index (χ4n) is 1.45. The third kappa shape index (κ3) is 3.51. The molecule has 0 aliphatic carbocycles. The number of carbonyl (C=O) groups excluding carboxylic acids is 1. The SMILES string of the molecule is CN(Cc1cccc(Cl)c1)C(=O)C(C)(C)O. The summed E-state index contributed by atoms with van der Waals surface area (Å²) in [7, 11) is 1.65. The molecular formula is C12H16ClNO2. The molecule has 88 valence electrons. The second-order valence-electron chi connectivity index (χ2n) is 4.35. The Morgan fingerprint density at radius 1 is 1.50 bits per heavy atom. The summed E-state index contributed by atoms with van der Waals surface area (Å²) in [5.41, 5.74) is -0.402. The Balaban J connectivity index is 2.72. The number of carbonyl (C=O) groups is 1. The highest BCUT2D eigenvalue weighted by Gasteiger charge is 2.27. The fourth-order valence-corrected chi connectivity index (χ4v) is 1.66. The van der Waals surface area contributed by atoms with Crippen LogP contribution in [0.4, 0.5) is 0 Å². The highest BCUT2D eigenvalue weighted by atomic mass is 35.5. The number of rotatable bonds is 3. The Bertz CT molecular complexity index is 385. The van der Waals surface area contributed by atoms with Crippen molar-refractivity contribution >= 4 is 17.5 Å². The van der Waals surface area contributed by atoms with Crippen molar-refractivity contribution in [1.29, 1.82) is 0 Å². The van der Waals surface area contributed by atoms with Crippen LogP contribution in [-0.4, -0.2) is 28.6 Å². The van der Waals surface area contributed by atoms with Gasteiger partial charge >= 0.3 is 0 Å². The summed E-state index contributed by atoms with van der Waals surface area (Å²) in [6, 6.07) is 7.30. The third-order valence-corrected chi connectivity index (χ3v) is 2.41. The predicted octanol–water partition coefficient (Wildman–Crippen LogP) is 2.07. The van der Waals surface area contributed by atoms with Crippen molar-refractivity contribution in [3.05, 3.63) is 34.9 Å². The number of aliphatic hydroxyl groups is 1. The van der Waals surface area contributed by atoms with E-state index in [0.717, 1.165) is 5.56 Å². The van der Waals surface area contributed by atoms with E-state index in [1.54, 1.807) is 19.2 Å². The van der Waals surface area contributed by atoms with Gasteiger partial charge in [-0.1, -0.05) is 23.7 Å². The summed E-state index contributed by atoms with van der Waals surface area (Å²) >= 11 is 5.84. The molecule has 0 aromatic heterocycles. The molecule has 0 saturated carbocycles. The van der Waals surface area contributed by atoms with Gasteiger partial charge in [-0.2, -0.15) is 0 Å². The van der Waals surface area contributed by atoms with Gasteiger partial charge in [-0.25, -0.2) is 0 Å². The number of benzene rings is 1. The topological polar surface area (TPSA) is 40.5 Å². The van der Waals surface area contributed by atoms with Gasteiger partial charge in [0.15, 0.2) is 0 Å². The van der Waals surface area contributed by atoms with Gasteiger partial charge in [0, 0.05) is 18.6 Å². The van der Waals surface area contributed by atoms with E-state index in [2.05, 4.69) is 0 Å². The van der Waals surface area contributed by atoms with Crippen LogP contribution < -0.4 is 0 Å². The summed E-state index contributed by atoms with van der Waals surface area (Å²) in [6.45, 7) is 3.39. The molecule has 0 heterocycles. The molecule has 0 spiro atoms. The summed E-state index contributed by atoms with van der Waals surface area (Å²) in [5.74, 6) is -0.313. The Hall–Kier alpha value is -1.06. The molecule has 0 atom stereocenters. The number of amides is 1. The Morgan fingerprint density at radius 2 is 2.12 bits per heavy atom. The molecule has 3 nitrogen and oxygen atoms in total. The van der Waals surface area contributed by atoms with Crippen molar-refractivity contribution in [1.82, 2.24) is 4.90 Å². The van der Waals surface area contributed by atoms with Gasteiger partial charge in [0.1, 0.15) is 5.60 Å². The van der Waals surface area contributed by atoms with E-state index in [-0.39, 0.29) is 5.91 Å². The minimum Gasteiger partial charge on any atom is -0.381 e. The van der Waals surface area contributed by atoms with Crippen LogP contribution in [-0.2, 0) is 11.3 Å². The molecule has 0 bridgehead atoms. The molecule has 0 aliphatic rings. The molecular weight excluding hydrogens is 226 g/mol. The van der Waals surface area contributed by atoms with E-state index in [1.165, 1.54) is 18.7 Å². The first-order valence-electron chi connectivity index (χ1n) is 5.03. The second-order valence-corrected chi connectivity index (χ2v) is 4.79. The molecule has 1 aromatic carbocycles. The molecule has 4 heteroatoms. The molecule has 0 saturated heterocycles. The molecule has 1 aromatic rings. The van der Waals surface area contributed by atoms with Crippen LogP contribution in [0, 0.1) is 0 Å². The average Bonchev–Trinajstić information content (AvgIpc) is 2.15. The lowest BCUT2D eigenvalue weighted by atomic mass is 10.1. The van der Waals surface area contributed by atoms with Gasteiger partial charge in [0.25, 0.3) is 5.91 Å². The molecule has 0 radical (unpaired) electrons. The van der Waals surface area contributed by atoms with Crippen LogP contribution in [0.25, 0.3) is 0 Å². The number of likely N-dealkylation sites (N-methyl/N-ethyl adjacent to an activating group) is 1. The van der Waals surface area contributed by atoms with Crippen molar-refractivity contribution in [3.8, 4) is 0 Å². The number of hydrogen-bond donors (Lipinski definition) is 1. The monoisotopic (exact) mass is 241 g/mol. The maximum atomic E-state index is 11.7. The lowest BCUT2D eigenvalue weighted by molar-refractivity contribution is -0.146. The first-order chi connectivity index (χ1) is 7.30. The van der Waals surface area contributed by atoms with E-state index in [0.29, 0.717) is 11.6 Å². The molecule has 1 N–H and O–H groups in total. The van der Waals surface area contributed by atoms with Gasteiger partial charge in [0.05, 0.1) is 0 Å². The van der Waals surface area contributed by atoms with Crippen LogP contribution in [0.5, 0.6) is 0 Å². The maximum Gasteiger partial charge on any atom is 0.253 e. The minimum absolute atomic E-state index is 0.313. The molecule has 16 heavy (non-hydrogen) atoms. The molecule has 0 aliphatic heterocycles. The molecule has 1 amide bonds. The summed E-state index contributed by atoms with van der Waals surface area (Å²) in [6.07, 6.45) is 0. The zero-order chi connectivity index (χ0) is 12.3. The lowest BCUT2D eigenvalue weighted by Gasteiger charge is -2.25. The van der Waals surface area contributed by atoms with E-state index in [9.17, 15) is 9.90 Å². The third-order valence-electron chi connectivity index (χ3n) is 2.18. The smallest absolute Gasteiger partial charge is 0.253 e. The fraction of sp³-hybridized carbons (Fsp3) is 0.417. The first kappa shape index (κ1) is 13.0. The molecule has 1 rings (SSSR count). The van der Waals surface area contributed by atoms with Gasteiger partial charge in [-0.15, -0.1) is 0 Å². The zero-order valence-electron chi connectivity index (χ0n) is 9.70. The van der Waals surface area contributed by atoms with Gasteiger partial charge in [0.2, 0.25) is 0 Å². The number of halogens is 1. The van der Waals surface area contributed by atoms with Crippen LogP contribution in [0.2, 0.25) is 5.02 Å². The largest absolute Gasteiger partial charge is 0.381 e. The van der Waals surface area contributed by atoms with E-state index in [1.807, 2.05) is 12.1 Å². The quantitative estimate of drug-likeness (QED) is 0.880. The standard InChI is InChI=1S/C12H16ClNO2/c1-12(2,16)11(15)14(3)8-9-5-4-6-10(13)7-9/h4-7,16H,8H2,1-3H3. The second kappa shape index (κ2) is 4.85. The van der Waals surface area contributed by atoms with Gasteiger partial charge < -0.3 is 10.0 Å². The highest BCUT2D eigenvalue weighted by molar-refractivity contribution is 6.30. The van der Waals surface area contributed by atoms with Crippen LogP contribution in [0.3, 0.4) is 0 Å². The first-order valence-corrected chi connectivity index (χ1v) is 5.41. The van der Waals surface area contributed by atoms with Gasteiger partial charge in [-0.3, -0.25) is 4.79 Å². The zero-order valence-corrected chi connectivity index (χ0v) is 10.5. The summed E-state index contributed by atoms with van der Waals surface area (Å²) in [5, 5.41) is 10.2. The average molecular weight is 242 g/mol. The van der Waals surface area contributed by atoms with Crippen LogP contribution in [0.1, 0.15) is 19.4 Å². The Kier molecular flexibility index (Phi) is 3.94. The Labute approximate surface area is 101 Å². The van der Waals surface area contributed by atoms with E-state index < -0.39 is 5.60 Å². The maximum absolute atomic E-state index is 11.7. The number of hydrogen-bond acceptors (Lipinski definition) is 2. The van der Waals surface area contributed by atoms with Crippen molar-refractivity contribution in [2.24, 2.45) is 0 Å². The highest BCUT2D eigenvalue weighted by Crippen LogP contribution is 2.14. The van der Waals surface area contributed by atoms with Crippen LogP contribution >= 0.6 is 11.6 Å². The van der Waals surface area contributed by atoms with Crippen molar-refractivity contribution in [2.75, 3.05) is 7.05 Å². The summed E-state index contributed by atoms with van der Waals surface area (Å²) < 4.78 is 0. The Morgan fingerprint density at radius 3 is 2.62 bits per heavy atom. The number of nitrogens with zero attached hydrogens (tertiary/aromatic N) is 1. The van der Waals surface area contributed by atoms with E-state index >= 15 is 0 Å². The molecule has 0 unspecified atom stereocenters.